The van der Waals surface area contributed by atoms with Crippen molar-refractivity contribution >= 4 is 23.8 Å². The van der Waals surface area contributed by atoms with Crippen molar-refractivity contribution in [1.29, 1.82) is 0 Å². The van der Waals surface area contributed by atoms with Crippen molar-refractivity contribution < 1.29 is 28.3 Å². The minimum Gasteiger partial charge on any atom is -0.443 e. The van der Waals surface area contributed by atoms with E-state index in [4.69, 9.17) is 4.74 Å². The molecule has 5 rings (SSSR count). The molecule has 1 unspecified atom stereocenters. The van der Waals surface area contributed by atoms with Crippen LogP contribution in [0.15, 0.2) is 18.2 Å². The summed E-state index contributed by atoms with van der Waals surface area (Å²) < 4.78 is 22.4. The zero-order valence-electron chi connectivity index (χ0n) is 20.2. The van der Waals surface area contributed by atoms with Crippen molar-refractivity contribution in [3.8, 4) is 0 Å². The SMILES string of the molecule is CC1(C)CCCn2nc(COC(=O)NCc3ccc4c(c3F)C(=O)N(C3CCC(=O)NC3=O)C4)cc21. The quantitative estimate of drug-likeness (QED) is 0.611. The average molecular weight is 498 g/mol. The van der Waals surface area contributed by atoms with E-state index in [0.29, 0.717) is 11.3 Å². The van der Waals surface area contributed by atoms with Gasteiger partial charge in [-0.1, -0.05) is 26.0 Å². The molecule has 1 atom stereocenters. The maximum Gasteiger partial charge on any atom is 0.407 e. The van der Waals surface area contributed by atoms with Crippen LogP contribution in [0.5, 0.6) is 0 Å². The lowest BCUT2D eigenvalue weighted by atomic mass is 9.82. The van der Waals surface area contributed by atoms with Crippen LogP contribution < -0.4 is 10.6 Å². The lowest BCUT2D eigenvalue weighted by Gasteiger charge is -2.30. The Bertz CT molecular complexity index is 1270. The fraction of sp³-hybridized carbons (Fsp3) is 0.480. The molecule has 0 aliphatic carbocycles. The molecule has 0 bridgehead atoms. The Morgan fingerprint density at radius 1 is 1.31 bits per heavy atom. The van der Waals surface area contributed by atoms with Crippen LogP contribution in [-0.4, -0.2) is 44.5 Å². The summed E-state index contributed by atoms with van der Waals surface area (Å²) in [6.07, 6.45) is 1.71. The second-order valence-electron chi connectivity index (χ2n) is 10.1. The molecule has 36 heavy (non-hydrogen) atoms. The predicted molar refractivity (Wildman–Crippen MR) is 124 cm³/mol. The fourth-order valence-electron chi connectivity index (χ4n) is 5.20. The summed E-state index contributed by atoms with van der Waals surface area (Å²) in [4.78, 5) is 50.1. The highest BCUT2D eigenvalue weighted by Gasteiger charge is 2.40. The second-order valence-corrected chi connectivity index (χ2v) is 10.1. The van der Waals surface area contributed by atoms with E-state index in [9.17, 15) is 19.2 Å². The molecular formula is C25H28FN5O5. The third-order valence-corrected chi connectivity index (χ3v) is 7.18. The number of rotatable bonds is 5. The summed E-state index contributed by atoms with van der Waals surface area (Å²) in [7, 11) is 0. The lowest BCUT2D eigenvalue weighted by Crippen LogP contribution is -2.52. The van der Waals surface area contributed by atoms with E-state index in [0.717, 1.165) is 25.1 Å². The first kappa shape index (κ1) is 24.0. The van der Waals surface area contributed by atoms with Gasteiger partial charge >= 0.3 is 6.09 Å². The van der Waals surface area contributed by atoms with Crippen molar-refractivity contribution in [3.05, 3.63) is 52.1 Å². The normalized spacial score (nSPS) is 20.6. The number of amides is 4. The van der Waals surface area contributed by atoms with Gasteiger partial charge in [-0.15, -0.1) is 0 Å². The van der Waals surface area contributed by atoms with Crippen molar-refractivity contribution in [3.63, 3.8) is 0 Å². The van der Waals surface area contributed by atoms with Crippen LogP contribution in [0.3, 0.4) is 0 Å². The Hall–Kier alpha value is -3.76. The minimum absolute atomic E-state index is 0.00597. The number of fused-ring (bicyclic) bond motifs is 2. The van der Waals surface area contributed by atoms with Gasteiger partial charge in [0, 0.05) is 42.7 Å². The molecule has 11 heteroatoms. The maximum atomic E-state index is 15.2. The van der Waals surface area contributed by atoms with Gasteiger partial charge < -0.3 is 15.0 Å². The molecule has 2 aromatic rings. The molecule has 10 nitrogen and oxygen atoms in total. The number of halogens is 1. The van der Waals surface area contributed by atoms with Gasteiger partial charge in [0.25, 0.3) is 5.91 Å². The van der Waals surface area contributed by atoms with Gasteiger partial charge in [0.15, 0.2) is 0 Å². The first-order chi connectivity index (χ1) is 17.1. The van der Waals surface area contributed by atoms with Crippen LogP contribution in [0.2, 0.25) is 0 Å². The van der Waals surface area contributed by atoms with Crippen molar-refractivity contribution in [2.75, 3.05) is 0 Å². The highest BCUT2D eigenvalue weighted by Crippen LogP contribution is 2.33. The molecule has 0 radical (unpaired) electrons. The summed E-state index contributed by atoms with van der Waals surface area (Å²) >= 11 is 0. The van der Waals surface area contributed by atoms with Gasteiger partial charge in [0.1, 0.15) is 24.2 Å². The molecule has 0 saturated carbocycles. The maximum absolute atomic E-state index is 15.2. The first-order valence-electron chi connectivity index (χ1n) is 12.1. The summed E-state index contributed by atoms with van der Waals surface area (Å²) in [6, 6.07) is 4.24. The highest BCUT2D eigenvalue weighted by atomic mass is 19.1. The molecule has 0 spiro atoms. The predicted octanol–water partition coefficient (Wildman–Crippen LogP) is 2.28. The van der Waals surface area contributed by atoms with Gasteiger partial charge in [-0.05, 0) is 30.9 Å². The number of piperidine rings is 1. The number of aromatic nitrogens is 2. The van der Waals surface area contributed by atoms with Crippen LogP contribution in [0.25, 0.3) is 0 Å². The first-order valence-corrected chi connectivity index (χ1v) is 12.1. The number of carbonyl (C=O) groups excluding carboxylic acids is 4. The monoisotopic (exact) mass is 497 g/mol. The number of alkyl carbamates (subject to hydrolysis) is 1. The number of hydrogen-bond donors (Lipinski definition) is 2. The van der Waals surface area contributed by atoms with E-state index in [-0.39, 0.29) is 55.0 Å². The molecule has 2 N–H and O–H groups in total. The van der Waals surface area contributed by atoms with E-state index >= 15 is 4.39 Å². The van der Waals surface area contributed by atoms with Crippen LogP contribution >= 0.6 is 0 Å². The zero-order valence-corrected chi connectivity index (χ0v) is 20.2. The van der Waals surface area contributed by atoms with Gasteiger partial charge in [0.2, 0.25) is 11.8 Å². The number of benzene rings is 1. The molecular weight excluding hydrogens is 469 g/mol. The Morgan fingerprint density at radius 3 is 2.86 bits per heavy atom. The molecule has 1 saturated heterocycles. The molecule has 4 amide bonds. The van der Waals surface area contributed by atoms with Gasteiger partial charge in [-0.3, -0.25) is 24.4 Å². The number of carbonyl (C=O) groups is 4. The standard InChI is InChI=1S/C25H28FN5O5/c1-25(2)8-3-9-31-18(25)10-16(29-31)13-36-24(35)27-11-14-4-5-15-12-30(23(34)20(15)21(14)26)17-6-7-19(32)28-22(17)33/h4-5,10,17H,3,6-9,11-13H2,1-2H3,(H,27,35)(H,28,32,33). The molecule has 1 aromatic heterocycles. The van der Waals surface area contributed by atoms with E-state index in [1.54, 1.807) is 6.07 Å². The summed E-state index contributed by atoms with van der Waals surface area (Å²) in [5.74, 6) is -2.28. The Labute approximate surface area is 207 Å². The van der Waals surface area contributed by atoms with Crippen molar-refractivity contribution in [2.45, 2.75) is 77.2 Å². The average Bonchev–Trinajstić information content (AvgIpc) is 3.39. The van der Waals surface area contributed by atoms with Crippen molar-refractivity contribution in [1.82, 2.24) is 25.3 Å². The number of nitrogens with one attached hydrogen (secondary N) is 2. The molecule has 3 aliphatic heterocycles. The van der Waals surface area contributed by atoms with E-state index in [1.165, 1.54) is 11.0 Å². The number of hydrogen-bond acceptors (Lipinski definition) is 6. The van der Waals surface area contributed by atoms with Crippen LogP contribution in [0, 0.1) is 5.82 Å². The Kier molecular flexibility index (Phi) is 6.01. The zero-order chi connectivity index (χ0) is 25.6. The van der Waals surface area contributed by atoms with E-state index < -0.39 is 29.8 Å². The molecule has 4 heterocycles. The van der Waals surface area contributed by atoms with Crippen LogP contribution in [-0.2, 0) is 46.0 Å². The van der Waals surface area contributed by atoms with Crippen molar-refractivity contribution in [2.24, 2.45) is 0 Å². The number of aryl methyl sites for hydroxylation is 1. The number of nitrogens with zero attached hydrogens (tertiary/aromatic N) is 3. The number of ether oxygens (including phenoxy) is 1. The van der Waals surface area contributed by atoms with Crippen LogP contribution in [0.4, 0.5) is 9.18 Å². The molecule has 1 fully saturated rings. The third-order valence-electron chi connectivity index (χ3n) is 7.18. The van der Waals surface area contributed by atoms with Crippen LogP contribution in [0.1, 0.15) is 72.4 Å². The molecule has 190 valence electrons. The fourth-order valence-corrected chi connectivity index (χ4v) is 5.20. The Balaban J connectivity index is 1.19. The summed E-state index contributed by atoms with van der Waals surface area (Å²) in [5.41, 5.74) is 2.26. The van der Waals surface area contributed by atoms with E-state index in [1.807, 2.05) is 10.7 Å². The minimum atomic E-state index is -0.822. The summed E-state index contributed by atoms with van der Waals surface area (Å²) in [5, 5.41) is 9.26. The Morgan fingerprint density at radius 2 is 2.11 bits per heavy atom. The largest absolute Gasteiger partial charge is 0.443 e. The van der Waals surface area contributed by atoms with E-state index in [2.05, 4.69) is 29.6 Å². The lowest BCUT2D eigenvalue weighted by molar-refractivity contribution is -0.136. The number of imide groups is 1. The van der Waals surface area contributed by atoms with Gasteiger partial charge in [-0.25, -0.2) is 9.18 Å². The smallest absolute Gasteiger partial charge is 0.407 e. The summed E-state index contributed by atoms with van der Waals surface area (Å²) in [6.45, 7) is 5.07. The highest BCUT2D eigenvalue weighted by molar-refractivity contribution is 6.05. The topological polar surface area (TPSA) is 123 Å². The third kappa shape index (κ3) is 4.33. The second kappa shape index (κ2) is 9.03. The van der Waals surface area contributed by atoms with Gasteiger partial charge in [-0.2, -0.15) is 5.10 Å². The van der Waals surface area contributed by atoms with Gasteiger partial charge in [0.05, 0.1) is 5.56 Å². The molecule has 3 aliphatic rings. The molecule has 1 aromatic carbocycles.